The zero-order valence-corrected chi connectivity index (χ0v) is 21.2. The molecule has 2 aromatic carbocycles. The summed E-state index contributed by atoms with van der Waals surface area (Å²) >= 11 is 0. The molecule has 1 heterocycles. The molecule has 8 nitrogen and oxygen atoms in total. The van der Waals surface area contributed by atoms with Crippen LogP contribution in [0, 0.1) is 5.92 Å². The number of nitrogens with one attached hydrogen (secondary N) is 1. The molecule has 0 bridgehead atoms. The first-order valence-corrected chi connectivity index (χ1v) is 11.7. The number of methoxy groups -OCH3 is 2. The molecule has 1 atom stereocenters. The summed E-state index contributed by atoms with van der Waals surface area (Å²) in [5.74, 6) is 0.0434. The van der Waals surface area contributed by atoms with Gasteiger partial charge in [0.1, 0.15) is 17.2 Å². The third-order valence-electron chi connectivity index (χ3n) is 5.82. The lowest BCUT2D eigenvalue weighted by atomic mass is 9.94. The van der Waals surface area contributed by atoms with Gasteiger partial charge in [-0.3, -0.25) is 9.59 Å². The summed E-state index contributed by atoms with van der Waals surface area (Å²) in [6.07, 6.45) is 0. The van der Waals surface area contributed by atoms with Gasteiger partial charge in [0, 0.05) is 17.2 Å². The number of carbonyl (C=O) groups is 2. The first-order chi connectivity index (χ1) is 16.7. The van der Waals surface area contributed by atoms with E-state index in [4.69, 9.17) is 14.2 Å². The maximum Gasteiger partial charge on any atom is 0.295 e. The van der Waals surface area contributed by atoms with Crippen molar-refractivity contribution >= 4 is 17.4 Å². The van der Waals surface area contributed by atoms with Crippen molar-refractivity contribution in [3.63, 3.8) is 0 Å². The summed E-state index contributed by atoms with van der Waals surface area (Å²) in [6.45, 7) is 5.57. The van der Waals surface area contributed by atoms with Crippen molar-refractivity contribution < 1.29 is 33.8 Å². The van der Waals surface area contributed by atoms with Crippen LogP contribution in [0.5, 0.6) is 17.2 Å². The highest BCUT2D eigenvalue weighted by Crippen LogP contribution is 2.43. The summed E-state index contributed by atoms with van der Waals surface area (Å²) in [5, 5.41) is 13.6. The van der Waals surface area contributed by atoms with Crippen molar-refractivity contribution in [2.24, 2.45) is 5.92 Å². The van der Waals surface area contributed by atoms with Crippen LogP contribution in [0.2, 0.25) is 0 Å². The van der Waals surface area contributed by atoms with Gasteiger partial charge in [-0.2, -0.15) is 0 Å². The molecule has 1 unspecified atom stereocenters. The smallest absolute Gasteiger partial charge is 0.295 e. The average molecular weight is 483 g/mol. The Morgan fingerprint density at radius 2 is 1.69 bits per heavy atom. The summed E-state index contributed by atoms with van der Waals surface area (Å²) in [4.78, 5) is 28.8. The molecule has 0 spiro atoms. The molecule has 1 N–H and O–H groups in total. The number of ketones is 1. The van der Waals surface area contributed by atoms with Crippen LogP contribution < -0.4 is 24.2 Å². The van der Waals surface area contributed by atoms with E-state index in [-0.39, 0.29) is 5.57 Å². The minimum atomic E-state index is -0.862. The quantitative estimate of drug-likeness (QED) is 0.310. The van der Waals surface area contributed by atoms with Gasteiger partial charge < -0.3 is 29.1 Å². The Bertz CT molecular complexity index is 1090. The Morgan fingerprint density at radius 1 is 1.03 bits per heavy atom. The second-order valence-electron chi connectivity index (χ2n) is 9.27. The van der Waals surface area contributed by atoms with E-state index in [1.165, 1.54) is 12.0 Å². The molecule has 0 saturated carbocycles. The molecule has 8 heteroatoms. The molecule has 2 aromatic rings. The molecule has 0 radical (unpaired) electrons. The molecule has 1 aliphatic heterocycles. The molecule has 188 valence electrons. The third kappa shape index (κ3) is 5.77. The number of quaternary nitrogens is 1. The molecular weight excluding hydrogens is 448 g/mol. The third-order valence-corrected chi connectivity index (χ3v) is 5.82. The van der Waals surface area contributed by atoms with E-state index in [1.807, 2.05) is 27.9 Å². The number of nitrogens with zero attached hydrogens (tertiary/aromatic N) is 1. The fourth-order valence-electron chi connectivity index (χ4n) is 3.93. The monoisotopic (exact) mass is 482 g/mol. The van der Waals surface area contributed by atoms with Crippen molar-refractivity contribution in [2.45, 2.75) is 19.9 Å². The Labute approximate surface area is 206 Å². The van der Waals surface area contributed by atoms with Crippen molar-refractivity contribution in [3.8, 4) is 17.2 Å². The number of benzene rings is 2. The van der Waals surface area contributed by atoms with Gasteiger partial charge in [0.05, 0.1) is 54.1 Å². The second kappa shape index (κ2) is 11.3. The number of carbonyl (C=O) groups excluding carboxylic acids is 2. The van der Waals surface area contributed by atoms with Crippen LogP contribution in [0.1, 0.15) is 31.0 Å². The van der Waals surface area contributed by atoms with Crippen LogP contribution >= 0.6 is 0 Å². The van der Waals surface area contributed by atoms with Crippen molar-refractivity contribution in [1.29, 1.82) is 0 Å². The van der Waals surface area contributed by atoms with Gasteiger partial charge in [0.15, 0.2) is 0 Å². The molecule has 0 aliphatic carbocycles. The first kappa shape index (κ1) is 26.1. The standard InChI is InChI=1S/C27H34N2O6/c1-17(2)16-35-19-9-7-18(8-10-19)25(30)23-24(21-12-11-20(33-5)15-22(21)34-6)29(14-13-28(3)4)27(32)26(23)31/h7-12,15,17,24,30H,13-14,16H2,1-6H3. The SMILES string of the molecule is COc1ccc(C2C(=C([O-])c3ccc(OCC(C)C)cc3)C(=O)C(=O)N2CC[NH+](C)C)c(OC)c1. The van der Waals surface area contributed by atoms with E-state index in [2.05, 4.69) is 0 Å². The maximum absolute atomic E-state index is 13.6. The van der Waals surface area contributed by atoms with Gasteiger partial charge in [-0.05, 0) is 35.7 Å². The van der Waals surface area contributed by atoms with Crippen LogP contribution in [0.25, 0.3) is 5.76 Å². The van der Waals surface area contributed by atoms with E-state index in [0.717, 1.165) is 4.90 Å². The number of ether oxygens (including phenoxy) is 3. The fourth-order valence-corrected chi connectivity index (χ4v) is 3.93. The summed E-state index contributed by atoms with van der Waals surface area (Å²) in [5.41, 5.74) is 0.792. The Balaban J connectivity index is 2.10. The van der Waals surface area contributed by atoms with Crippen LogP contribution in [-0.2, 0) is 9.59 Å². The highest BCUT2D eigenvalue weighted by Gasteiger charge is 2.45. The van der Waals surface area contributed by atoms with Crippen molar-refractivity contribution in [1.82, 2.24) is 4.90 Å². The fraction of sp³-hybridized carbons (Fsp3) is 0.407. The van der Waals surface area contributed by atoms with E-state index >= 15 is 0 Å². The number of Topliss-reactive ketones (excluding diaryl/α,β-unsaturated/α-hetero) is 1. The van der Waals surface area contributed by atoms with Crippen LogP contribution in [-0.4, -0.2) is 64.6 Å². The maximum atomic E-state index is 13.6. The van der Waals surface area contributed by atoms with Gasteiger partial charge in [0.2, 0.25) is 5.78 Å². The largest absolute Gasteiger partial charge is 0.872 e. The first-order valence-electron chi connectivity index (χ1n) is 11.7. The molecule has 3 rings (SSSR count). The van der Waals surface area contributed by atoms with Crippen molar-refractivity contribution in [2.75, 3.05) is 48.0 Å². The number of likely N-dealkylation sites (tertiary alicyclic amines) is 1. The molecular formula is C27H34N2O6. The lowest BCUT2D eigenvalue weighted by Crippen LogP contribution is -3.06. The number of hydrogen-bond donors (Lipinski definition) is 1. The normalized spacial score (nSPS) is 17.4. The van der Waals surface area contributed by atoms with Crippen molar-refractivity contribution in [3.05, 3.63) is 59.2 Å². The number of likely N-dealkylation sites (N-methyl/N-ethyl adjacent to an activating group) is 1. The van der Waals surface area contributed by atoms with Gasteiger partial charge in [0.25, 0.3) is 5.91 Å². The Hall–Kier alpha value is -3.52. The predicted molar refractivity (Wildman–Crippen MR) is 130 cm³/mol. The molecule has 0 aromatic heterocycles. The van der Waals surface area contributed by atoms with Gasteiger partial charge in [-0.25, -0.2) is 0 Å². The summed E-state index contributed by atoms with van der Waals surface area (Å²) < 4.78 is 16.6. The van der Waals surface area contributed by atoms with Crippen LogP contribution in [0.3, 0.4) is 0 Å². The van der Waals surface area contributed by atoms with Gasteiger partial charge in [-0.1, -0.05) is 31.7 Å². The van der Waals surface area contributed by atoms with Gasteiger partial charge >= 0.3 is 0 Å². The highest BCUT2D eigenvalue weighted by molar-refractivity contribution is 6.46. The van der Waals surface area contributed by atoms with E-state index < -0.39 is 23.5 Å². The molecule has 1 fully saturated rings. The van der Waals surface area contributed by atoms with Crippen LogP contribution in [0.4, 0.5) is 0 Å². The van der Waals surface area contributed by atoms with E-state index in [0.29, 0.717) is 54.0 Å². The highest BCUT2D eigenvalue weighted by atomic mass is 16.5. The number of rotatable bonds is 10. The minimum Gasteiger partial charge on any atom is -0.872 e. The Kier molecular flexibility index (Phi) is 8.40. The summed E-state index contributed by atoms with van der Waals surface area (Å²) in [7, 11) is 6.97. The number of hydrogen-bond acceptors (Lipinski definition) is 6. The zero-order valence-electron chi connectivity index (χ0n) is 21.2. The average Bonchev–Trinajstić information content (AvgIpc) is 3.10. The lowest BCUT2D eigenvalue weighted by molar-refractivity contribution is -0.857. The molecule has 35 heavy (non-hydrogen) atoms. The van der Waals surface area contributed by atoms with E-state index in [1.54, 1.807) is 49.6 Å². The summed E-state index contributed by atoms with van der Waals surface area (Å²) in [6, 6.07) is 10.9. The molecule has 1 amide bonds. The lowest BCUT2D eigenvalue weighted by Gasteiger charge is -2.29. The number of amides is 1. The van der Waals surface area contributed by atoms with Crippen LogP contribution in [0.15, 0.2) is 48.0 Å². The minimum absolute atomic E-state index is 0.0805. The zero-order chi connectivity index (χ0) is 25.7. The van der Waals surface area contributed by atoms with E-state index in [9.17, 15) is 14.7 Å². The predicted octanol–water partition coefficient (Wildman–Crippen LogP) is 1.11. The van der Waals surface area contributed by atoms with Gasteiger partial charge in [-0.15, -0.1) is 0 Å². The Morgan fingerprint density at radius 3 is 2.26 bits per heavy atom. The topological polar surface area (TPSA) is 92.6 Å². The molecule has 1 saturated heterocycles. The second-order valence-corrected chi connectivity index (χ2v) is 9.27. The molecule has 1 aliphatic rings.